The van der Waals surface area contributed by atoms with Crippen molar-refractivity contribution < 1.29 is 14.3 Å². The van der Waals surface area contributed by atoms with E-state index in [-0.39, 0.29) is 5.57 Å². The van der Waals surface area contributed by atoms with E-state index in [0.717, 1.165) is 5.56 Å². The van der Waals surface area contributed by atoms with Gasteiger partial charge in [0, 0.05) is 15.7 Å². The van der Waals surface area contributed by atoms with Crippen molar-refractivity contribution in [2.24, 2.45) is 0 Å². The predicted molar refractivity (Wildman–Crippen MR) is 127 cm³/mol. The van der Waals surface area contributed by atoms with Crippen molar-refractivity contribution in [1.29, 1.82) is 5.26 Å². The minimum absolute atomic E-state index is 0.0555. The average molecular weight is 467 g/mol. The van der Waals surface area contributed by atoms with Crippen LogP contribution in [0.25, 0.3) is 6.08 Å². The number of benzene rings is 3. The maximum atomic E-state index is 12.5. The molecule has 0 bridgehead atoms. The van der Waals surface area contributed by atoms with Gasteiger partial charge in [0.15, 0.2) is 11.5 Å². The minimum Gasteiger partial charge on any atom is -0.490 e. The van der Waals surface area contributed by atoms with Gasteiger partial charge in [-0.3, -0.25) is 4.79 Å². The van der Waals surface area contributed by atoms with Gasteiger partial charge in [-0.2, -0.15) is 5.26 Å². The third kappa shape index (κ3) is 6.52. The van der Waals surface area contributed by atoms with Crippen LogP contribution in [-0.4, -0.2) is 12.5 Å². The third-order valence-electron chi connectivity index (χ3n) is 4.31. The van der Waals surface area contributed by atoms with Crippen LogP contribution in [0.5, 0.6) is 11.5 Å². The summed E-state index contributed by atoms with van der Waals surface area (Å²) in [5, 5.41) is 13.3. The summed E-state index contributed by atoms with van der Waals surface area (Å²) in [7, 11) is 0. The zero-order valence-corrected chi connectivity index (χ0v) is 18.8. The zero-order chi connectivity index (χ0) is 22.9. The summed E-state index contributed by atoms with van der Waals surface area (Å²) in [6.07, 6.45) is 1.49. The molecule has 0 heterocycles. The fraction of sp³-hybridized carbons (Fsp3) is 0.120. The number of rotatable bonds is 8. The molecule has 3 rings (SSSR count). The number of nitrogens with one attached hydrogen (secondary N) is 1. The van der Waals surface area contributed by atoms with Gasteiger partial charge in [-0.1, -0.05) is 47.5 Å². The molecule has 0 fully saturated rings. The first kappa shape index (κ1) is 23.2. The summed E-state index contributed by atoms with van der Waals surface area (Å²) < 4.78 is 11.6. The van der Waals surface area contributed by atoms with Crippen LogP contribution < -0.4 is 14.8 Å². The molecule has 1 amide bonds. The number of nitrogens with zero attached hydrogens (tertiary/aromatic N) is 1. The van der Waals surface area contributed by atoms with E-state index in [1.165, 1.54) is 6.08 Å². The Kier molecular flexibility index (Phi) is 8.15. The first-order valence-electron chi connectivity index (χ1n) is 9.81. The molecule has 7 heteroatoms. The molecule has 0 saturated carbocycles. The molecule has 5 nitrogen and oxygen atoms in total. The fourth-order valence-electron chi connectivity index (χ4n) is 2.87. The zero-order valence-electron chi connectivity index (χ0n) is 17.3. The molecule has 3 aromatic carbocycles. The van der Waals surface area contributed by atoms with Crippen LogP contribution in [0.4, 0.5) is 5.69 Å². The van der Waals surface area contributed by atoms with Gasteiger partial charge in [-0.05, 0) is 66.6 Å². The standard InChI is InChI=1S/C25H20Cl2N2O3/c1-2-31-24-13-17(9-10-23(24)32-16-18-5-3-6-20(26)12-18)11-19(15-28)25(30)29-22-8-4-7-21(27)14-22/h3-14H,2,16H2,1H3,(H,29,30)/b19-11+. The van der Waals surface area contributed by atoms with Gasteiger partial charge in [-0.25, -0.2) is 0 Å². The van der Waals surface area contributed by atoms with E-state index < -0.39 is 5.91 Å². The molecular weight excluding hydrogens is 447 g/mol. The largest absolute Gasteiger partial charge is 0.490 e. The van der Waals surface area contributed by atoms with Crippen molar-refractivity contribution in [3.8, 4) is 17.6 Å². The van der Waals surface area contributed by atoms with Crippen molar-refractivity contribution in [2.75, 3.05) is 11.9 Å². The van der Waals surface area contributed by atoms with E-state index in [9.17, 15) is 10.1 Å². The Morgan fingerprint density at radius 2 is 1.75 bits per heavy atom. The number of nitriles is 1. The molecular formula is C25H20Cl2N2O3. The van der Waals surface area contributed by atoms with Crippen molar-refractivity contribution in [2.45, 2.75) is 13.5 Å². The van der Waals surface area contributed by atoms with Crippen molar-refractivity contribution >= 4 is 40.9 Å². The summed E-state index contributed by atoms with van der Waals surface area (Å²) in [6, 6.07) is 21.3. The normalized spacial score (nSPS) is 10.9. The second kappa shape index (κ2) is 11.2. The summed E-state index contributed by atoms with van der Waals surface area (Å²) in [5.74, 6) is 0.524. The highest BCUT2D eigenvalue weighted by molar-refractivity contribution is 6.31. The molecule has 162 valence electrons. The van der Waals surface area contributed by atoms with E-state index in [1.54, 1.807) is 48.5 Å². The van der Waals surface area contributed by atoms with Gasteiger partial charge in [0.25, 0.3) is 5.91 Å². The van der Waals surface area contributed by atoms with Crippen molar-refractivity contribution in [3.05, 3.63) is 93.5 Å². The van der Waals surface area contributed by atoms with Crippen LogP contribution in [0.15, 0.2) is 72.3 Å². The molecule has 0 radical (unpaired) electrons. The molecule has 0 unspecified atom stereocenters. The van der Waals surface area contributed by atoms with Gasteiger partial charge in [-0.15, -0.1) is 0 Å². The number of halogens is 2. The van der Waals surface area contributed by atoms with Crippen LogP contribution in [0.2, 0.25) is 10.0 Å². The fourth-order valence-corrected chi connectivity index (χ4v) is 3.27. The number of hydrogen-bond acceptors (Lipinski definition) is 4. The summed E-state index contributed by atoms with van der Waals surface area (Å²) in [4.78, 5) is 12.5. The lowest BCUT2D eigenvalue weighted by Gasteiger charge is -2.13. The second-order valence-electron chi connectivity index (χ2n) is 6.69. The van der Waals surface area contributed by atoms with E-state index in [0.29, 0.717) is 46.0 Å². The monoisotopic (exact) mass is 466 g/mol. The first-order chi connectivity index (χ1) is 15.5. The Labute approximate surface area is 196 Å². The summed E-state index contributed by atoms with van der Waals surface area (Å²) >= 11 is 12.0. The van der Waals surface area contributed by atoms with E-state index >= 15 is 0 Å². The molecule has 0 aromatic heterocycles. The van der Waals surface area contributed by atoms with Crippen molar-refractivity contribution in [1.82, 2.24) is 0 Å². The van der Waals surface area contributed by atoms with E-state index in [2.05, 4.69) is 5.32 Å². The Morgan fingerprint density at radius 3 is 2.44 bits per heavy atom. The molecule has 32 heavy (non-hydrogen) atoms. The first-order valence-corrected chi connectivity index (χ1v) is 10.6. The molecule has 0 aliphatic rings. The third-order valence-corrected chi connectivity index (χ3v) is 4.78. The maximum Gasteiger partial charge on any atom is 0.266 e. The highest BCUT2D eigenvalue weighted by atomic mass is 35.5. The quantitative estimate of drug-likeness (QED) is 0.303. The second-order valence-corrected chi connectivity index (χ2v) is 7.56. The van der Waals surface area contributed by atoms with Crippen LogP contribution in [-0.2, 0) is 11.4 Å². The lowest BCUT2D eigenvalue weighted by Crippen LogP contribution is -2.13. The highest BCUT2D eigenvalue weighted by Gasteiger charge is 2.12. The summed E-state index contributed by atoms with van der Waals surface area (Å²) in [5.41, 5.74) is 2.00. The van der Waals surface area contributed by atoms with Crippen LogP contribution in [0.3, 0.4) is 0 Å². The molecule has 3 aromatic rings. The van der Waals surface area contributed by atoms with E-state index in [1.807, 2.05) is 31.2 Å². The molecule has 1 N–H and O–H groups in total. The van der Waals surface area contributed by atoms with Crippen LogP contribution in [0, 0.1) is 11.3 Å². The Hall–Kier alpha value is -3.46. The van der Waals surface area contributed by atoms with Gasteiger partial charge >= 0.3 is 0 Å². The molecule has 0 saturated heterocycles. The molecule has 0 atom stereocenters. The summed E-state index contributed by atoms with van der Waals surface area (Å²) in [6.45, 7) is 2.62. The molecule has 0 aliphatic carbocycles. The van der Waals surface area contributed by atoms with Gasteiger partial charge in [0.05, 0.1) is 6.61 Å². The van der Waals surface area contributed by atoms with Gasteiger partial charge in [0.1, 0.15) is 18.2 Å². The maximum absolute atomic E-state index is 12.5. The van der Waals surface area contributed by atoms with Crippen molar-refractivity contribution in [3.63, 3.8) is 0 Å². The van der Waals surface area contributed by atoms with Crippen LogP contribution in [0.1, 0.15) is 18.1 Å². The number of carbonyl (C=O) groups excluding carboxylic acids is 1. The smallest absolute Gasteiger partial charge is 0.266 e. The highest BCUT2D eigenvalue weighted by Crippen LogP contribution is 2.30. The lowest BCUT2D eigenvalue weighted by molar-refractivity contribution is -0.112. The van der Waals surface area contributed by atoms with E-state index in [4.69, 9.17) is 32.7 Å². The molecule has 0 spiro atoms. The number of carbonyl (C=O) groups is 1. The van der Waals surface area contributed by atoms with Gasteiger partial charge < -0.3 is 14.8 Å². The number of amides is 1. The Morgan fingerprint density at radius 1 is 1.00 bits per heavy atom. The van der Waals surface area contributed by atoms with Crippen LogP contribution >= 0.6 is 23.2 Å². The Bertz CT molecular complexity index is 1190. The number of anilines is 1. The minimum atomic E-state index is -0.533. The predicted octanol–water partition coefficient (Wildman–Crippen LogP) is 6.52. The Balaban J connectivity index is 1.78. The molecule has 0 aliphatic heterocycles. The average Bonchev–Trinajstić information content (AvgIpc) is 2.77. The SMILES string of the molecule is CCOc1cc(/C=C(\C#N)C(=O)Nc2cccc(Cl)c2)ccc1OCc1cccc(Cl)c1. The lowest BCUT2D eigenvalue weighted by atomic mass is 10.1. The number of ether oxygens (including phenoxy) is 2. The number of hydrogen-bond donors (Lipinski definition) is 1. The van der Waals surface area contributed by atoms with Gasteiger partial charge in [0.2, 0.25) is 0 Å². The topological polar surface area (TPSA) is 71.3 Å².